The molecule has 0 saturated carbocycles. The molecule has 5 rings (SSSR count). The van der Waals surface area contributed by atoms with E-state index in [-0.39, 0.29) is 35.0 Å². The monoisotopic (exact) mass is 356 g/mol. The molecule has 2 saturated heterocycles. The van der Waals surface area contributed by atoms with Crippen LogP contribution in [0.5, 0.6) is 5.75 Å². The smallest absolute Gasteiger partial charge is 0.335 e. The molecule has 26 heavy (non-hydrogen) atoms. The van der Waals surface area contributed by atoms with Crippen LogP contribution >= 0.6 is 0 Å². The van der Waals surface area contributed by atoms with E-state index in [4.69, 9.17) is 4.74 Å². The number of esters is 1. The van der Waals surface area contributed by atoms with Gasteiger partial charge >= 0.3 is 5.97 Å². The number of para-hydroxylation sites is 1. The molecule has 3 N–H and O–H groups in total. The molecule has 0 aromatic heterocycles. The summed E-state index contributed by atoms with van der Waals surface area (Å²) in [5, 5.41) is 24.2. The Morgan fingerprint density at radius 2 is 2.27 bits per heavy atom. The minimum Gasteiger partial charge on any atom is -0.506 e. The molecule has 138 valence electrons. The molecule has 0 radical (unpaired) electrons. The van der Waals surface area contributed by atoms with Gasteiger partial charge in [-0.2, -0.15) is 0 Å². The second-order valence-electron chi connectivity index (χ2n) is 8.08. The number of hydrogen-bond acceptors (Lipinski definition) is 6. The zero-order valence-corrected chi connectivity index (χ0v) is 15.0. The van der Waals surface area contributed by atoms with Crippen LogP contribution in [0.25, 0.3) is 0 Å². The Labute approximate surface area is 152 Å². The molecular formula is C20H24N2O4. The molecule has 2 fully saturated rings. The number of nitrogens with zero attached hydrogens (tertiary/aromatic N) is 1. The van der Waals surface area contributed by atoms with Gasteiger partial charge in [-0.1, -0.05) is 12.1 Å². The van der Waals surface area contributed by atoms with Crippen molar-refractivity contribution in [3.05, 3.63) is 35.0 Å². The Balaban J connectivity index is 1.79. The van der Waals surface area contributed by atoms with E-state index in [9.17, 15) is 15.0 Å². The fraction of sp³-hybridized carbons (Fsp3) is 0.550. The predicted molar refractivity (Wildman–Crippen MR) is 95.7 cm³/mol. The summed E-state index contributed by atoms with van der Waals surface area (Å²) < 4.78 is 5.16. The second-order valence-corrected chi connectivity index (χ2v) is 8.08. The molecule has 2 bridgehead atoms. The van der Waals surface area contributed by atoms with Crippen molar-refractivity contribution in [2.75, 3.05) is 25.5 Å². The minimum absolute atomic E-state index is 0.00283. The largest absolute Gasteiger partial charge is 0.506 e. The molecule has 2 unspecified atom stereocenters. The summed E-state index contributed by atoms with van der Waals surface area (Å²) in [4.78, 5) is 15.3. The highest BCUT2D eigenvalue weighted by Gasteiger charge is 2.63. The number of rotatable bonds is 2. The average Bonchev–Trinajstić information content (AvgIpc) is 3.18. The maximum atomic E-state index is 12.8. The van der Waals surface area contributed by atoms with Crippen molar-refractivity contribution in [3.8, 4) is 5.75 Å². The van der Waals surface area contributed by atoms with Crippen molar-refractivity contribution >= 4 is 11.7 Å². The molecule has 6 nitrogen and oxygen atoms in total. The lowest BCUT2D eigenvalue weighted by molar-refractivity contribution is -0.138. The van der Waals surface area contributed by atoms with E-state index in [2.05, 4.69) is 16.3 Å². The first kappa shape index (κ1) is 16.1. The number of aliphatic hydroxyl groups excluding tert-OH is 1. The molecule has 3 aliphatic heterocycles. The highest BCUT2D eigenvalue weighted by atomic mass is 16.5. The predicted octanol–water partition coefficient (Wildman–Crippen LogP) is 1.59. The second kappa shape index (κ2) is 5.24. The lowest BCUT2D eigenvalue weighted by atomic mass is 9.60. The Kier molecular flexibility index (Phi) is 3.25. The zero-order valence-electron chi connectivity index (χ0n) is 15.0. The number of benzene rings is 1. The quantitative estimate of drug-likeness (QED) is 0.551. The number of hydrogen-bond donors (Lipinski definition) is 3. The van der Waals surface area contributed by atoms with Gasteiger partial charge in [0, 0.05) is 30.1 Å². The molecular weight excluding hydrogens is 332 g/mol. The number of phenolic OH excluding ortho intramolecular Hbond substituents is 1. The molecule has 1 aliphatic carbocycles. The topological polar surface area (TPSA) is 82.0 Å². The Hall–Kier alpha value is -2.05. The van der Waals surface area contributed by atoms with Gasteiger partial charge in [0.1, 0.15) is 5.75 Å². The van der Waals surface area contributed by atoms with Crippen molar-refractivity contribution in [1.29, 1.82) is 0 Å². The first-order valence-electron chi connectivity index (χ1n) is 9.33. The van der Waals surface area contributed by atoms with Gasteiger partial charge in [0.2, 0.25) is 0 Å². The van der Waals surface area contributed by atoms with E-state index in [1.165, 1.54) is 7.11 Å². The summed E-state index contributed by atoms with van der Waals surface area (Å²) in [5.41, 5.74) is 3.04. The maximum Gasteiger partial charge on any atom is 0.335 e. The summed E-state index contributed by atoms with van der Waals surface area (Å²) in [6, 6.07) is 5.90. The van der Waals surface area contributed by atoms with Gasteiger partial charge in [0.25, 0.3) is 0 Å². The van der Waals surface area contributed by atoms with Crippen LogP contribution in [-0.2, 0) is 14.9 Å². The first-order chi connectivity index (χ1) is 12.5. The third-order valence-electron chi connectivity index (χ3n) is 7.13. The lowest BCUT2D eigenvalue weighted by Crippen LogP contribution is -2.57. The summed E-state index contributed by atoms with van der Waals surface area (Å²) >= 11 is 0. The third kappa shape index (κ3) is 1.76. The molecule has 5 atom stereocenters. The van der Waals surface area contributed by atoms with Gasteiger partial charge in [-0.25, -0.2) is 4.79 Å². The number of phenols is 1. The molecule has 6 heteroatoms. The standard InChI is InChI=1S/C20H24N2O4/c1-10(23)12-9-22-7-6-20-13-4-3-5-14(24)17(13)21-18(20)16(19(25)26-2)11(12)8-15(20)22/h3-5,10-12,15,21,23-24H,6-9H2,1-2H3/t10?,11-,12+,15?,20+/m0/s1. The van der Waals surface area contributed by atoms with E-state index >= 15 is 0 Å². The van der Waals surface area contributed by atoms with Crippen LogP contribution in [0.1, 0.15) is 25.3 Å². The van der Waals surface area contributed by atoms with Gasteiger partial charge < -0.3 is 20.3 Å². The molecule has 3 heterocycles. The van der Waals surface area contributed by atoms with Gasteiger partial charge in [-0.05, 0) is 37.9 Å². The van der Waals surface area contributed by atoms with Gasteiger partial charge in [0.05, 0.1) is 29.9 Å². The van der Waals surface area contributed by atoms with Crippen LogP contribution in [0.4, 0.5) is 5.69 Å². The summed E-state index contributed by atoms with van der Waals surface area (Å²) in [6.45, 7) is 3.52. The number of carbonyl (C=O) groups excluding carboxylic acids is 1. The maximum absolute atomic E-state index is 12.8. The van der Waals surface area contributed by atoms with E-state index in [0.29, 0.717) is 11.3 Å². The number of anilines is 1. The van der Waals surface area contributed by atoms with Crippen LogP contribution in [0, 0.1) is 11.8 Å². The number of piperidine rings is 1. The summed E-state index contributed by atoms with van der Waals surface area (Å²) in [6.07, 6.45) is 1.24. The lowest BCUT2D eigenvalue weighted by Gasteiger charge is -2.51. The van der Waals surface area contributed by atoms with Gasteiger partial charge in [-0.3, -0.25) is 4.90 Å². The SMILES string of the molecule is COC(=O)C1=C2Nc3c(O)cccc3[C@@]23CCN2C[C@H](C(C)O)[C@@H]1CC23. The van der Waals surface area contributed by atoms with Crippen molar-refractivity contribution < 1.29 is 19.7 Å². The molecule has 1 aromatic rings. The first-order valence-corrected chi connectivity index (χ1v) is 9.33. The van der Waals surface area contributed by atoms with Crippen LogP contribution in [0.15, 0.2) is 29.5 Å². The van der Waals surface area contributed by atoms with Crippen molar-refractivity contribution in [1.82, 2.24) is 4.90 Å². The fourth-order valence-electron chi connectivity index (χ4n) is 6.03. The normalized spacial score (nSPS) is 35.6. The van der Waals surface area contributed by atoms with Crippen LogP contribution in [0.2, 0.25) is 0 Å². The molecule has 1 aromatic carbocycles. The van der Waals surface area contributed by atoms with Crippen molar-refractivity contribution in [3.63, 3.8) is 0 Å². The number of fused-ring (bicyclic) bond motifs is 2. The fourth-order valence-corrected chi connectivity index (χ4v) is 6.03. The molecule has 4 aliphatic rings. The molecule has 1 spiro atoms. The Bertz CT molecular complexity index is 833. The van der Waals surface area contributed by atoms with Gasteiger partial charge in [0.15, 0.2) is 0 Å². The highest BCUT2D eigenvalue weighted by Crippen LogP contribution is 2.62. The number of ether oxygens (including phenoxy) is 1. The number of carbonyl (C=O) groups is 1. The Morgan fingerprint density at radius 1 is 1.46 bits per heavy atom. The summed E-state index contributed by atoms with van der Waals surface area (Å²) in [7, 11) is 1.41. The van der Waals surface area contributed by atoms with E-state index in [0.717, 1.165) is 37.2 Å². The van der Waals surface area contributed by atoms with Gasteiger partial charge in [-0.15, -0.1) is 0 Å². The van der Waals surface area contributed by atoms with E-state index < -0.39 is 6.10 Å². The number of aliphatic hydroxyl groups is 1. The van der Waals surface area contributed by atoms with Crippen LogP contribution < -0.4 is 5.32 Å². The van der Waals surface area contributed by atoms with E-state index in [1.54, 1.807) is 6.07 Å². The third-order valence-corrected chi connectivity index (χ3v) is 7.13. The van der Waals surface area contributed by atoms with Crippen LogP contribution in [0.3, 0.4) is 0 Å². The average molecular weight is 356 g/mol. The van der Waals surface area contributed by atoms with Crippen LogP contribution in [-0.4, -0.2) is 53.4 Å². The number of aromatic hydroxyl groups is 1. The minimum atomic E-state index is -0.494. The zero-order chi connectivity index (χ0) is 18.2. The van der Waals surface area contributed by atoms with Crippen molar-refractivity contribution in [2.24, 2.45) is 11.8 Å². The Morgan fingerprint density at radius 3 is 3.00 bits per heavy atom. The number of nitrogens with one attached hydrogen (secondary N) is 1. The highest BCUT2D eigenvalue weighted by molar-refractivity contribution is 5.94. The van der Waals surface area contributed by atoms with Crippen molar-refractivity contribution in [2.45, 2.75) is 37.3 Å². The molecule has 0 amide bonds. The van der Waals surface area contributed by atoms with E-state index in [1.807, 2.05) is 13.0 Å². The summed E-state index contributed by atoms with van der Waals surface area (Å²) in [5.74, 6) is -0.145. The number of methoxy groups -OCH3 is 1.